The van der Waals surface area contributed by atoms with Crippen molar-refractivity contribution >= 4 is 55.3 Å². The Kier molecular flexibility index (Phi) is 4.91. The van der Waals surface area contributed by atoms with E-state index in [9.17, 15) is 13.2 Å². The lowest BCUT2D eigenvalue weighted by molar-refractivity contribution is -0.129. The van der Waals surface area contributed by atoms with Gasteiger partial charge in [-0.3, -0.25) is 9.10 Å². The molecule has 0 atom stereocenters. The van der Waals surface area contributed by atoms with Gasteiger partial charge in [-0.05, 0) is 29.7 Å². The fourth-order valence-electron chi connectivity index (χ4n) is 3.39. The van der Waals surface area contributed by atoms with E-state index in [0.717, 1.165) is 10.3 Å². The van der Waals surface area contributed by atoms with Gasteiger partial charge in [-0.2, -0.15) is 0 Å². The highest BCUT2D eigenvalue weighted by Gasteiger charge is 2.37. The Morgan fingerprint density at radius 3 is 2.61 bits per heavy atom. The summed E-state index contributed by atoms with van der Waals surface area (Å²) in [6, 6.07) is 14.2. The summed E-state index contributed by atoms with van der Waals surface area (Å²) in [5.41, 5.74) is 0.541. The van der Waals surface area contributed by atoms with Crippen LogP contribution in [0.5, 0.6) is 0 Å². The van der Waals surface area contributed by atoms with Gasteiger partial charge in [0.25, 0.3) is 10.0 Å². The Labute approximate surface area is 172 Å². The van der Waals surface area contributed by atoms with Crippen molar-refractivity contribution in [3.63, 3.8) is 0 Å². The van der Waals surface area contributed by atoms with Crippen molar-refractivity contribution in [3.8, 4) is 0 Å². The number of benzene rings is 2. The molecule has 8 heteroatoms. The molecule has 0 aliphatic carbocycles. The molecule has 1 amide bonds. The quantitative estimate of drug-likeness (QED) is 0.546. The number of nitrogens with zero attached hydrogens (tertiary/aromatic N) is 2. The van der Waals surface area contributed by atoms with Gasteiger partial charge in [-0.25, -0.2) is 8.42 Å². The highest BCUT2D eigenvalue weighted by molar-refractivity contribution is 7.93. The van der Waals surface area contributed by atoms with Crippen LogP contribution in [0.4, 0.5) is 5.69 Å². The van der Waals surface area contributed by atoms with Gasteiger partial charge in [0.2, 0.25) is 5.91 Å². The van der Waals surface area contributed by atoms with E-state index in [4.69, 9.17) is 11.6 Å². The first kappa shape index (κ1) is 19.0. The maximum Gasteiger partial charge on any atom is 0.265 e. The average Bonchev–Trinajstić information content (AvgIpc) is 3.17. The van der Waals surface area contributed by atoms with Crippen LogP contribution in [0.15, 0.2) is 66.1 Å². The van der Waals surface area contributed by atoms with Crippen LogP contribution >= 0.6 is 22.9 Å². The lowest BCUT2D eigenvalue weighted by Gasteiger charge is -2.25. The lowest BCUT2D eigenvalue weighted by Crippen LogP contribution is -2.41. The summed E-state index contributed by atoms with van der Waals surface area (Å²) >= 11 is 7.37. The van der Waals surface area contributed by atoms with Crippen molar-refractivity contribution in [2.75, 3.05) is 17.4 Å². The predicted octanol–water partition coefficient (Wildman–Crippen LogP) is 4.28. The van der Waals surface area contributed by atoms with E-state index in [2.05, 4.69) is 6.58 Å². The molecule has 0 fully saturated rings. The van der Waals surface area contributed by atoms with Gasteiger partial charge < -0.3 is 4.90 Å². The molecule has 1 aromatic heterocycles. The Balaban J connectivity index is 1.65. The molecule has 3 aromatic rings. The largest absolute Gasteiger partial charge is 0.332 e. The van der Waals surface area contributed by atoms with Crippen LogP contribution < -0.4 is 4.31 Å². The summed E-state index contributed by atoms with van der Waals surface area (Å²) < 4.78 is 28.0. The summed E-state index contributed by atoms with van der Waals surface area (Å²) in [5, 5.41) is 1.50. The maximum absolute atomic E-state index is 13.1. The molecular weight excluding hydrogens is 416 g/mol. The minimum Gasteiger partial charge on any atom is -0.332 e. The molecule has 1 aliphatic heterocycles. The van der Waals surface area contributed by atoms with Crippen molar-refractivity contribution in [3.05, 3.63) is 70.4 Å². The van der Waals surface area contributed by atoms with E-state index in [0.29, 0.717) is 28.5 Å². The summed E-state index contributed by atoms with van der Waals surface area (Å²) in [6.07, 6.45) is 1.63. The summed E-state index contributed by atoms with van der Waals surface area (Å²) in [6.45, 7) is 4.12. The molecule has 5 nitrogen and oxygen atoms in total. The van der Waals surface area contributed by atoms with E-state index in [1.165, 1.54) is 15.6 Å². The number of hydrogen-bond donors (Lipinski definition) is 0. The zero-order chi connectivity index (χ0) is 19.9. The molecule has 2 heterocycles. The molecule has 4 rings (SSSR count). The van der Waals surface area contributed by atoms with Gasteiger partial charge >= 0.3 is 0 Å². The third-order valence-electron chi connectivity index (χ3n) is 4.64. The Morgan fingerprint density at radius 2 is 1.93 bits per heavy atom. The number of halogens is 1. The van der Waals surface area contributed by atoms with E-state index >= 15 is 0 Å². The Hall–Kier alpha value is -2.35. The first-order valence-electron chi connectivity index (χ1n) is 8.59. The van der Waals surface area contributed by atoms with Crippen LogP contribution in [0, 0.1) is 0 Å². The molecule has 1 aliphatic rings. The number of carbonyl (C=O) groups excluding carboxylic acids is 1. The molecule has 0 radical (unpaired) electrons. The second-order valence-corrected chi connectivity index (χ2v) is 10.0. The first-order valence-corrected chi connectivity index (χ1v) is 11.2. The highest BCUT2D eigenvalue weighted by atomic mass is 35.5. The van der Waals surface area contributed by atoms with Gasteiger partial charge in [-0.15, -0.1) is 17.9 Å². The second-order valence-electron chi connectivity index (χ2n) is 6.41. The molecular formula is C20H17ClN2O3S2. The van der Waals surface area contributed by atoms with Crippen LogP contribution in [0.3, 0.4) is 0 Å². The van der Waals surface area contributed by atoms with Crippen molar-refractivity contribution in [2.24, 2.45) is 0 Å². The molecule has 0 N–H and O–H groups in total. The lowest BCUT2D eigenvalue weighted by atomic mass is 10.1. The molecule has 28 heavy (non-hydrogen) atoms. The fraction of sp³-hybridized carbons (Fsp3) is 0.150. The number of carbonyl (C=O) groups is 1. The van der Waals surface area contributed by atoms with Crippen molar-refractivity contribution in [1.82, 2.24) is 4.90 Å². The molecule has 0 saturated carbocycles. The minimum absolute atomic E-state index is 0.244. The Bertz CT molecular complexity index is 1180. The van der Waals surface area contributed by atoms with E-state index in [1.54, 1.807) is 41.3 Å². The van der Waals surface area contributed by atoms with Crippen LogP contribution in [-0.2, 0) is 21.4 Å². The smallest absolute Gasteiger partial charge is 0.265 e. The minimum atomic E-state index is -3.77. The molecule has 2 aromatic carbocycles. The molecule has 0 saturated heterocycles. The van der Waals surface area contributed by atoms with Crippen LogP contribution in [0.25, 0.3) is 10.8 Å². The van der Waals surface area contributed by atoms with Crippen LogP contribution in [-0.4, -0.2) is 32.3 Å². The van der Waals surface area contributed by atoms with Gasteiger partial charge in [0, 0.05) is 16.8 Å². The van der Waals surface area contributed by atoms with Crippen molar-refractivity contribution in [2.45, 2.75) is 11.4 Å². The Morgan fingerprint density at radius 1 is 1.18 bits per heavy atom. The monoisotopic (exact) mass is 432 g/mol. The third kappa shape index (κ3) is 3.19. The zero-order valence-electron chi connectivity index (χ0n) is 14.8. The normalized spacial score (nSPS) is 14.4. The summed E-state index contributed by atoms with van der Waals surface area (Å²) in [7, 11) is -3.77. The van der Waals surface area contributed by atoms with Gasteiger partial charge in [0.15, 0.2) is 0 Å². The van der Waals surface area contributed by atoms with Gasteiger partial charge in [0.1, 0.15) is 6.54 Å². The average molecular weight is 433 g/mol. The number of anilines is 1. The third-order valence-corrected chi connectivity index (χ3v) is 7.66. The summed E-state index contributed by atoms with van der Waals surface area (Å²) in [4.78, 5) is 15.7. The number of hydrogen-bond acceptors (Lipinski definition) is 4. The van der Waals surface area contributed by atoms with Crippen molar-refractivity contribution < 1.29 is 13.2 Å². The van der Waals surface area contributed by atoms with Gasteiger partial charge in [0.05, 0.1) is 21.5 Å². The first-order chi connectivity index (χ1) is 13.4. The van der Waals surface area contributed by atoms with Gasteiger partial charge in [-0.1, -0.05) is 41.9 Å². The van der Waals surface area contributed by atoms with E-state index in [-0.39, 0.29) is 17.3 Å². The number of rotatable bonds is 6. The summed E-state index contributed by atoms with van der Waals surface area (Å²) in [5.74, 6) is -0.294. The molecule has 0 spiro atoms. The zero-order valence-corrected chi connectivity index (χ0v) is 17.2. The molecule has 144 valence electrons. The second kappa shape index (κ2) is 7.24. The SMILES string of the molecule is C=CCN(Cc1ccc(Cl)s1)C(=O)CN1c2cccc3cccc(c23)S1(=O)=O. The molecule has 0 unspecified atom stereocenters. The van der Waals surface area contributed by atoms with E-state index < -0.39 is 10.0 Å². The molecule has 0 bridgehead atoms. The maximum atomic E-state index is 13.1. The number of sulfonamides is 1. The topological polar surface area (TPSA) is 57.7 Å². The number of thiophene rings is 1. The standard InChI is InChI=1S/C20H17ClN2O3S2/c1-2-11-22(12-15-9-10-18(21)27-15)19(24)13-23-16-7-3-5-14-6-4-8-17(20(14)16)28(23,25)26/h2-10H,1,11-13H2. The van der Waals surface area contributed by atoms with Crippen LogP contribution in [0.1, 0.15) is 4.88 Å². The predicted molar refractivity (Wildman–Crippen MR) is 113 cm³/mol. The van der Waals surface area contributed by atoms with Crippen LogP contribution in [0.2, 0.25) is 4.34 Å². The van der Waals surface area contributed by atoms with E-state index in [1.807, 2.05) is 18.2 Å². The fourth-order valence-corrected chi connectivity index (χ4v) is 6.15. The number of amides is 1. The van der Waals surface area contributed by atoms with Crippen molar-refractivity contribution in [1.29, 1.82) is 0 Å². The highest BCUT2D eigenvalue weighted by Crippen LogP contribution is 2.41.